The average Bonchev–Trinajstić information content (AvgIpc) is 2.80. The molecule has 1 aromatic rings. The number of nitrogens with one attached hydrogen (secondary N) is 1. The van der Waals surface area contributed by atoms with E-state index >= 15 is 0 Å². The molecule has 1 amide bonds. The van der Waals surface area contributed by atoms with E-state index in [2.05, 4.69) is 5.32 Å². The standard InChI is InChI=1S/C17H23NO3/c1-17(2,3)21-16(20)18-14-9-13(11-19)15(10-14)12-7-5-4-6-8-12/h4-8,11,13-15H,9-10H2,1-3H3,(H,18,20). The zero-order valence-corrected chi connectivity index (χ0v) is 12.8. The summed E-state index contributed by atoms with van der Waals surface area (Å²) >= 11 is 0. The maximum atomic E-state index is 11.8. The molecule has 0 saturated heterocycles. The topological polar surface area (TPSA) is 55.4 Å². The number of alkyl carbamates (subject to hydrolysis) is 1. The van der Waals surface area contributed by atoms with E-state index < -0.39 is 11.7 Å². The first-order valence-electron chi connectivity index (χ1n) is 7.39. The number of amides is 1. The fourth-order valence-electron chi connectivity index (χ4n) is 2.90. The van der Waals surface area contributed by atoms with Crippen LogP contribution in [-0.2, 0) is 9.53 Å². The van der Waals surface area contributed by atoms with E-state index in [1.165, 1.54) is 0 Å². The van der Waals surface area contributed by atoms with Crippen molar-refractivity contribution in [1.29, 1.82) is 0 Å². The van der Waals surface area contributed by atoms with Gasteiger partial charge in [-0.15, -0.1) is 0 Å². The minimum absolute atomic E-state index is 0.0137. The average molecular weight is 289 g/mol. The Labute approximate surface area is 125 Å². The Morgan fingerprint density at radius 3 is 2.48 bits per heavy atom. The minimum atomic E-state index is -0.508. The molecule has 1 aromatic carbocycles. The van der Waals surface area contributed by atoms with Crippen LogP contribution in [0.4, 0.5) is 4.79 Å². The van der Waals surface area contributed by atoms with Crippen LogP contribution in [0.1, 0.15) is 45.1 Å². The van der Waals surface area contributed by atoms with Crippen molar-refractivity contribution in [2.45, 2.75) is 51.2 Å². The zero-order chi connectivity index (χ0) is 15.5. The highest BCUT2D eigenvalue weighted by Crippen LogP contribution is 2.38. The predicted molar refractivity (Wildman–Crippen MR) is 81.1 cm³/mol. The van der Waals surface area contributed by atoms with Crippen molar-refractivity contribution >= 4 is 12.4 Å². The smallest absolute Gasteiger partial charge is 0.407 e. The van der Waals surface area contributed by atoms with Crippen LogP contribution in [-0.4, -0.2) is 24.0 Å². The van der Waals surface area contributed by atoms with Crippen molar-refractivity contribution < 1.29 is 14.3 Å². The lowest BCUT2D eigenvalue weighted by molar-refractivity contribution is -0.111. The Hall–Kier alpha value is -1.84. The fourth-order valence-corrected chi connectivity index (χ4v) is 2.90. The first-order chi connectivity index (χ1) is 9.89. The van der Waals surface area contributed by atoms with Gasteiger partial charge in [0, 0.05) is 12.0 Å². The fraction of sp³-hybridized carbons (Fsp3) is 0.529. The van der Waals surface area contributed by atoms with Gasteiger partial charge in [-0.3, -0.25) is 0 Å². The second-order valence-corrected chi connectivity index (χ2v) is 6.63. The van der Waals surface area contributed by atoms with Crippen LogP contribution in [0.25, 0.3) is 0 Å². The van der Waals surface area contributed by atoms with Crippen molar-refractivity contribution in [2.24, 2.45) is 5.92 Å². The van der Waals surface area contributed by atoms with Gasteiger partial charge in [-0.2, -0.15) is 0 Å². The Bertz CT molecular complexity index is 493. The Kier molecular flexibility index (Phi) is 4.66. The third-order valence-corrected chi connectivity index (χ3v) is 3.74. The normalized spacial score (nSPS) is 25.4. The van der Waals surface area contributed by atoms with Gasteiger partial charge < -0.3 is 14.8 Å². The molecule has 0 aliphatic heterocycles. The molecule has 114 valence electrons. The van der Waals surface area contributed by atoms with Crippen molar-refractivity contribution in [3.8, 4) is 0 Å². The van der Waals surface area contributed by atoms with Crippen LogP contribution in [0.15, 0.2) is 30.3 Å². The lowest BCUT2D eigenvalue weighted by Crippen LogP contribution is -2.38. The van der Waals surface area contributed by atoms with Crippen LogP contribution in [0.3, 0.4) is 0 Å². The molecular weight excluding hydrogens is 266 g/mol. The Morgan fingerprint density at radius 2 is 1.90 bits per heavy atom. The van der Waals surface area contributed by atoms with E-state index in [0.29, 0.717) is 6.42 Å². The number of carbonyl (C=O) groups excluding carboxylic acids is 2. The van der Waals surface area contributed by atoms with Crippen molar-refractivity contribution in [3.05, 3.63) is 35.9 Å². The molecule has 0 heterocycles. The number of benzene rings is 1. The van der Waals surface area contributed by atoms with Gasteiger partial charge in [-0.1, -0.05) is 30.3 Å². The molecule has 1 aliphatic rings. The number of carbonyl (C=O) groups is 2. The summed E-state index contributed by atoms with van der Waals surface area (Å²) in [6, 6.07) is 9.98. The van der Waals surface area contributed by atoms with E-state index in [4.69, 9.17) is 4.74 Å². The second-order valence-electron chi connectivity index (χ2n) is 6.63. The molecule has 1 saturated carbocycles. The van der Waals surface area contributed by atoms with Gasteiger partial charge in [0.1, 0.15) is 11.9 Å². The van der Waals surface area contributed by atoms with E-state index in [0.717, 1.165) is 18.3 Å². The van der Waals surface area contributed by atoms with Gasteiger partial charge in [0.25, 0.3) is 0 Å². The molecule has 3 unspecified atom stereocenters. The molecule has 4 heteroatoms. The molecule has 0 bridgehead atoms. The quantitative estimate of drug-likeness (QED) is 0.869. The van der Waals surface area contributed by atoms with Crippen LogP contribution in [0.5, 0.6) is 0 Å². The van der Waals surface area contributed by atoms with Crippen molar-refractivity contribution in [1.82, 2.24) is 5.32 Å². The second kappa shape index (κ2) is 6.29. The molecule has 3 atom stereocenters. The highest BCUT2D eigenvalue weighted by atomic mass is 16.6. The molecule has 1 N–H and O–H groups in total. The van der Waals surface area contributed by atoms with Gasteiger partial charge in [0.2, 0.25) is 0 Å². The van der Waals surface area contributed by atoms with Gasteiger partial charge in [-0.25, -0.2) is 4.79 Å². The number of ether oxygens (including phenoxy) is 1. The Morgan fingerprint density at radius 1 is 1.24 bits per heavy atom. The van der Waals surface area contributed by atoms with Crippen LogP contribution in [0, 0.1) is 5.92 Å². The lowest BCUT2D eigenvalue weighted by Gasteiger charge is -2.21. The van der Waals surface area contributed by atoms with E-state index in [1.54, 1.807) is 0 Å². The highest BCUT2D eigenvalue weighted by Gasteiger charge is 2.36. The predicted octanol–water partition coefficient (Wildman–Crippen LogP) is 3.27. The maximum absolute atomic E-state index is 11.8. The van der Waals surface area contributed by atoms with Gasteiger partial charge in [0.05, 0.1) is 0 Å². The molecule has 1 aliphatic carbocycles. The first kappa shape index (κ1) is 15.5. The SMILES string of the molecule is CC(C)(C)OC(=O)NC1CC(C=O)C(c2ccccc2)C1. The molecule has 2 rings (SSSR count). The largest absolute Gasteiger partial charge is 0.444 e. The van der Waals surface area contributed by atoms with Crippen molar-refractivity contribution in [3.63, 3.8) is 0 Å². The van der Waals surface area contributed by atoms with E-state index in [9.17, 15) is 9.59 Å². The lowest BCUT2D eigenvalue weighted by atomic mass is 9.90. The summed E-state index contributed by atoms with van der Waals surface area (Å²) in [5.74, 6) is 0.121. The summed E-state index contributed by atoms with van der Waals surface area (Å²) in [6.45, 7) is 5.51. The zero-order valence-electron chi connectivity index (χ0n) is 12.8. The summed E-state index contributed by atoms with van der Waals surface area (Å²) in [5, 5.41) is 2.88. The summed E-state index contributed by atoms with van der Waals surface area (Å²) in [6.07, 6.45) is 2.04. The molecule has 0 aromatic heterocycles. The van der Waals surface area contributed by atoms with Crippen molar-refractivity contribution in [2.75, 3.05) is 0 Å². The number of hydrogen-bond acceptors (Lipinski definition) is 3. The van der Waals surface area contributed by atoms with Gasteiger partial charge in [-0.05, 0) is 45.1 Å². The highest BCUT2D eigenvalue weighted by molar-refractivity contribution is 5.68. The third kappa shape index (κ3) is 4.31. The summed E-state index contributed by atoms with van der Waals surface area (Å²) < 4.78 is 5.27. The number of hydrogen-bond donors (Lipinski definition) is 1. The minimum Gasteiger partial charge on any atom is -0.444 e. The van der Waals surface area contributed by atoms with E-state index in [1.807, 2.05) is 51.1 Å². The summed E-state index contributed by atoms with van der Waals surface area (Å²) in [5.41, 5.74) is 0.647. The summed E-state index contributed by atoms with van der Waals surface area (Å²) in [7, 11) is 0. The molecule has 0 spiro atoms. The molecule has 4 nitrogen and oxygen atoms in total. The molecule has 1 fully saturated rings. The Balaban J connectivity index is 1.99. The number of rotatable bonds is 3. The van der Waals surface area contributed by atoms with Gasteiger partial charge >= 0.3 is 6.09 Å². The van der Waals surface area contributed by atoms with Crippen LogP contribution >= 0.6 is 0 Å². The first-order valence-corrected chi connectivity index (χ1v) is 7.39. The monoisotopic (exact) mass is 289 g/mol. The number of aldehydes is 1. The molecular formula is C17H23NO3. The van der Waals surface area contributed by atoms with Crippen LogP contribution < -0.4 is 5.32 Å². The maximum Gasteiger partial charge on any atom is 0.407 e. The van der Waals surface area contributed by atoms with Gasteiger partial charge in [0.15, 0.2) is 0 Å². The summed E-state index contributed by atoms with van der Waals surface area (Å²) in [4.78, 5) is 23.1. The van der Waals surface area contributed by atoms with E-state index in [-0.39, 0.29) is 17.9 Å². The molecule has 21 heavy (non-hydrogen) atoms. The third-order valence-electron chi connectivity index (χ3n) is 3.74. The van der Waals surface area contributed by atoms with Crippen LogP contribution in [0.2, 0.25) is 0 Å². The molecule has 0 radical (unpaired) electrons.